The standard InChI is InChI=1S/C27H30F4N4O2S/c1-16-14-33(11-12-35(16)25(36)37-26(2,3)4)22-8-6-20(27(29,30)31)18-9-10-34(15-19(18)22)24-32-21-7-5-17(28)13-23(21)38-24/h5-8,13,16H,9-12,14-15H2,1-4H3. The maximum atomic E-state index is 14.0. The van der Waals surface area contributed by atoms with Crippen molar-refractivity contribution < 1.29 is 27.1 Å². The van der Waals surface area contributed by atoms with E-state index in [1.807, 2.05) is 32.6 Å². The second-order valence-electron chi connectivity index (χ2n) is 10.8. The number of halogens is 4. The molecule has 2 aliphatic heterocycles. The van der Waals surface area contributed by atoms with E-state index in [-0.39, 0.29) is 24.8 Å². The smallest absolute Gasteiger partial charge is 0.416 e. The minimum Gasteiger partial charge on any atom is -0.444 e. The maximum absolute atomic E-state index is 14.0. The van der Waals surface area contributed by atoms with E-state index in [4.69, 9.17) is 4.74 Å². The van der Waals surface area contributed by atoms with E-state index in [1.165, 1.54) is 29.5 Å². The maximum Gasteiger partial charge on any atom is 0.416 e. The number of aromatic nitrogens is 1. The van der Waals surface area contributed by atoms with Gasteiger partial charge in [-0.3, -0.25) is 0 Å². The minimum atomic E-state index is -4.46. The Morgan fingerprint density at radius 1 is 1.05 bits per heavy atom. The molecular weight excluding hydrogens is 520 g/mol. The largest absolute Gasteiger partial charge is 0.444 e. The molecule has 1 amide bonds. The third-order valence-corrected chi connectivity index (χ3v) is 7.98. The van der Waals surface area contributed by atoms with E-state index in [0.717, 1.165) is 5.69 Å². The van der Waals surface area contributed by atoms with E-state index in [2.05, 4.69) is 9.88 Å². The topological polar surface area (TPSA) is 48.9 Å². The zero-order valence-electron chi connectivity index (χ0n) is 21.7. The van der Waals surface area contributed by atoms with E-state index in [0.29, 0.717) is 52.7 Å². The highest BCUT2D eigenvalue weighted by Crippen LogP contribution is 2.42. The van der Waals surface area contributed by atoms with Crippen LogP contribution in [0.3, 0.4) is 0 Å². The number of benzene rings is 2. The average molecular weight is 551 g/mol. The molecule has 1 atom stereocenters. The quantitative estimate of drug-likeness (QED) is 0.343. The summed E-state index contributed by atoms with van der Waals surface area (Å²) >= 11 is 1.33. The van der Waals surface area contributed by atoms with Crippen LogP contribution in [0.5, 0.6) is 0 Å². The van der Waals surface area contributed by atoms with Gasteiger partial charge in [0.15, 0.2) is 5.13 Å². The van der Waals surface area contributed by atoms with Crippen molar-refractivity contribution >= 4 is 38.5 Å². The average Bonchev–Trinajstić information content (AvgIpc) is 3.24. The van der Waals surface area contributed by atoms with E-state index in [1.54, 1.807) is 17.0 Å². The van der Waals surface area contributed by atoms with Gasteiger partial charge in [0.1, 0.15) is 11.4 Å². The molecule has 5 rings (SSSR count). The second-order valence-corrected chi connectivity index (χ2v) is 11.8. The van der Waals surface area contributed by atoms with Crippen LogP contribution >= 0.6 is 11.3 Å². The van der Waals surface area contributed by atoms with Crippen molar-refractivity contribution in [3.63, 3.8) is 0 Å². The number of anilines is 2. The Kier molecular flexibility index (Phi) is 6.69. The molecule has 1 aromatic heterocycles. The van der Waals surface area contributed by atoms with Crippen LogP contribution in [0, 0.1) is 5.82 Å². The summed E-state index contributed by atoms with van der Waals surface area (Å²) in [5, 5.41) is 0.655. The molecule has 3 heterocycles. The van der Waals surface area contributed by atoms with Crippen molar-refractivity contribution in [1.82, 2.24) is 9.88 Å². The van der Waals surface area contributed by atoms with Gasteiger partial charge < -0.3 is 19.4 Å². The molecule has 204 valence electrons. The zero-order chi connectivity index (χ0) is 27.4. The molecule has 0 aliphatic carbocycles. The van der Waals surface area contributed by atoms with E-state index < -0.39 is 23.4 Å². The van der Waals surface area contributed by atoms with Crippen molar-refractivity contribution in [2.75, 3.05) is 36.0 Å². The number of alkyl halides is 3. The molecule has 0 spiro atoms. The Morgan fingerprint density at radius 2 is 1.82 bits per heavy atom. The number of fused-ring (bicyclic) bond motifs is 2. The summed E-state index contributed by atoms with van der Waals surface area (Å²) < 4.78 is 61.8. The molecular formula is C27H30F4N4O2S. The number of amides is 1. The third kappa shape index (κ3) is 5.25. The van der Waals surface area contributed by atoms with Crippen LogP contribution < -0.4 is 9.80 Å². The Balaban J connectivity index is 1.45. The number of hydrogen-bond acceptors (Lipinski definition) is 6. The SMILES string of the molecule is CC1CN(c2ccc(C(F)(F)F)c3c2CN(c2nc4ccc(F)cc4s2)CC3)CCN1C(=O)OC(C)(C)C. The Morgan fingerprint density at radius 3 is 2.50 bits per heavy atom. The van der Waals surface area contributed by atoms with E-state index >= 15 is 0 Å². The number of hydrogen-bond donors (Lipinski definition) is 0. The first-order chi connectivity index (χ1) is 17.8. The number of carbonyl (C=O) groups is 1. The lowest BCUT2D eigenvalue weighted by Crippen LogP contribution is -2.55. The van der Waals surface area contributed by atoms with Crippen LogP contribution in [0.25, 0.3) is 10.2 Å². The Hall–Kier alpha value is -3.08. The van der Waals surface area contributed by atoms with Crippen LogP contribution in [0.15, 0.2) is 30.3 Å². The van der Waals surface area contributed by atoms with Gasteiger partial charge in [0.2, 0.25) is 0 Å². The third-order valence-electron chi connectivity index (χ3n) is 6.90. The normalized spacial score (nSPS) is 18.6. The predicted molar refractivity (Wildman–Crippen MR) is 140 cm³/mol. The van der Waals surface area contributed by atoms with Gasteiger partial charge in [-0.25, -0.2) is 14.2 Å². The minimum absolute atomic E-state index is 0.185. The number of ether oxygens (including phenoxy) is 1. The molecule has 0 bridgehead atoms. The highest BCUT2D eigenvalue weighted by molar-refractivity contribution is 7.22. The van der Waals surface area contributed by atoms with Crippen LogP contribution in [0.2, 0.25) is 0 Å². The monoisotopic (exact) mass is 550 g/mol. The summed E-state index contributed by atoms with van der Waals surface area (Å²) in [4.78, 5) is 23.0. The molecule has 1 fully saturated rings. The number of piperazine rings is 1. The van der Waals surface area contributed by atoms with Gasteiger partial charge in [0.05, 0.1) is 15.8 Å². The fourth-order valence-corrected chi connectivity index (χ4v) is 6.19. The van der Waals surface area contributed by atoms with Crippen molar-refractivity contribution in [1.29, 1.82) is 0 Å². The number of nitrogens with zero attached hydrogens (tertiary/aromatic N) is 4. The zero-order valence-corrected chi connectivity index (χ0v) is 22.5. The van der Waals surface area contributed by atoms with E-state index in [9.17, 15) is 22.4 Å². The molecule has 0 radical (unpaired) electrons. The summed E-state index contributed by atoms with van der Waals surface area (Å²) in [7, 11) is 0. The Labute approximate surface area is 222 Å². The molecule has 1 unspecified atom stereocenters. The fraction of sp³-hybridized carbons (Fsp3) is 0.481. The molecule has 3 aromatic rings. The molecule has 1 saturated heterocycles. The number of carbonyl (C=O) groups excluding carboxylic acids is 1. The first-order valence-electron chi connectivity index (χ1n) is 12.6. The first-order valence-corrected chi connectivity index (χ1v) is 13.4. The van der Waals surface area contributed by atoms with Crippen molar-refractivity contribution in [2.45, 2.75) is 58.5 Å². The van der Waals surface area contributed by atoms with Gasteiger partial charge in [-0.05, 0) is 75.6 Å². The van der Waals surface area contributed by atoms with Gasteiger partial charge in [0.25, 0.3) is 0 Å². The Bertz CT molecular complexity index is 1370. The van der Waals surface area contributed by atoms with Crippen LogP contribution in [0.4, 0.5) is 33.2 Å². The molecule has 6 nitrogen and oxygen atoms in total. The fourth-order valence-electron chi connectivity index (χ4n) is 5.17. The highest BCUT2D eigenvalue weighted by Gasteiger charge is 2.38. The van der Waals surface area contributed by atoms with Crippen LogP contribution in [-0.2, 0) is 23.9 Å². The van der Waals surface area contributed by atoms with Gasteiger partial charge in [-0.15, -0.1) is 0 Å². The molecule has 2 aromatic carbocycles. The van der Waals surface area contributed by atoms with Crippen LogP contribution in [0.1, 0.15) is 44.4 Å². The highest BCUT2D eigenvalue weighted by atomic mass is 32.1. The lowest BCUT2D eigenvalue weighted by Gasteiger charge is -2.43. The summed E-state index contributed by atoms with van der Waals surface area (Å²) in [5.74, 6) is -0.353. The number of rotatable bonds is 2. The summed E-state index contributed by atoms with van der Waals surface area (Å²) in [5.41, 5.74) is 1.10. The second kappa shape index (κ2) is 9.59. The lowest BCUT2D eigenvalue weighted by atomic mass is 9.92. The first kappa shape index (κ1) is 26.5. The van der Waals surface area contributed by atoms with Gasteiger partial charge >= 0.3 is 12.3 Å². The van der Waals surface area contributed by atoms with Crippen molar-refractivity contribution in [3.8, 4) is 0 Å². The molecule has 0 N–H and O–H groups in total. The number of thiazole rings is 1. The van der Waals surface area contributed by atoms with Crippen LogP contribution in [-0.4, -0.2) is 53.8 Å². The van der Waals surface area contributed by atoms with Gasteiger partial charge in [-0.1, -0.05) is 11.3 Å². The summed E-state index contributed by atoms with van der Waals surface area (Å²) in [6.07, 6.45) is -4.63. The predicted octanol–water partition coefficient (Wildman–Crippen LogP) is 6.46. The summed E-state index contributed by atoms with van der Waals surface area (Å²) in [6, 6.07) is 6.93. The lowest BCUT2D eigenvalue weighted by molar-refractivity contribution is -0.138. The summed E-state index contributed by atoms with van der Waals surface area (Å²) in [6.45, 7) is 9.34. The van der Waals surface area contributed by atoms with Gasteiger partial charge in [0, 0.05) is 44.5 Å². The molecule has 2 aliphatic rings. The molecule has 11 heteroatoms. The van der Waals surface area contributed by atoms with Crippen molar-refractivity contribution in [2.24, 2.45) is 0 Å². The molecule has 38 heavy (non-hydrogen) atoms. The van der Waals surface area contributed by atoms with Crippen molar-refractivity contribution in [3.05, 3.63) is 52.8 Å². The molecule has 0 saturated carbocycles. The van der Waals surface area contributed by atoms with Gasteiger partial charge in [-0.2, -0.15) is 13.2 Å².